The van der Waals surface area contributed by atoms with Gasteiger partial charge in [-0.25, -0.2) is 4.79 Å². The van der Waals surface area contributed by atoms with E-state index in [1.165, 1.54) is 30.4 Å². The minimum Gasteiger partial charge on any atom is -0.504 e. The average Bonchev–Trinajstić information content (AvgIpc) is 2.86. The van der Waals surface area contributed by atoms with E-state index in [0.29, 0.717) is 5.56 Å². The minimum atomic E-state index is -1.65. The van der Waals surface area contributed by atoms with Crippen molar-refractivity contribution in [2.24, 2.45) is 0 Å². The number of hydrogen-bond acceptors (Lipinski definition) is 11. The molecule has 0 radical (unpaired) electrons. The second-order valence-corrected chi connectivity index (χ2v) is 7.62. The topological polar surface area (TPSA) is 186 Å². The molecule has 36 heavy (non-hydrogen) atoms. The molecular formula is C25H28O11. The molecule has 1 heterocycles. The van der Waals surface area contributed by atoms with Crippen LogP contribution < -0.4 is 0 Å². The lowest BCUT2D eigenvalue weighted by molar-refractivity contribution is -0.302. The third kappa shape index (κ3) is 9.00. The summed E-state index contributed by atoms with van der Waals surface area (Å²) in [5, 5.41) is 68.1. The van der Waals surface area contributed by atoms with Gasteiger partial charge >= 0.3 is 5.97 Å². The van der Waals surface area contributed by atoms with Crippen LogP contribution in [0.15, 0.2) is 36.9 Å². The summed E-state index contributed by atoms with van der Waals surface area (Å²) in [5.41, 5.74) is 0.413. The lowest BCUT2D eigenvalue weighted by Crippen LogP contribution is -2.59. The smallest absolute Gasteiger partial charge is 0.330 e. The first kappa shape index (κ1) is 28.8. The van der Waals surface area contributed by atoms with Crippen molar-refractivity contribution in [2.45, 2.75) is 49.3 Å². The van der Waals surface area contributed by atoms with Crippen molar-refractivity contribution in [2.75, 3.05) is 13.2 Å². The molecule has 7 atom stereocenters. The van der Waals surface area contributed by atoms with Crippen molar-refractivity contribution in [3.8, 4) is 35.2 Å². The maximum absolute atomic E-state index is 12.0. The number of phenols is 2. The summed E-state index contributed by atoms with van der Waals surface area (Å²) in [6, 6.07) is 3.93. The van der Waals surface area contributed by atoms with Gasteiger partial charge in [0.1, 0.15) is 43.2 Å². The number of ether oxygens (including phenoxy) is 3. The Morgan fingerprint density at radius 1 is 1.08 bits per heavy atom. The first-order valence-electron chi connectivity index (χ1n) is 10.8. The lowest BCUT2D eigenvalue weighted by Gasteiger charge is -2.39. The van der Waals surface area contributed by atoms with Crippen LogP contribution in [0.3, 0.4) is 0 Å². The molecule has 0 aliphatic carbocycles. The zero-order chi connectivity index (χ0) is 26.7. The number of esters is 1. The largest absolute Gasteiger partial charge is 0.504 e. The molecule has 0 unspecified atom stereocenters. The molecule has 0 bridgehead atoms. The van der Waals surface area contributed by atoms with Crippen LogP contribution in [0.5, 0.6) is 11.5 Å². The Morgan fingerprint density at radius 3 is 2.50 bits per heavy atom. The maximum Gasteiger partial charge on any atom is 0.330 e. The van der Waals surface area contributed by atoms with E-state index in [-0.39, 0.29) is 24.5 Å². The van der Waals surface area contributed by atoms with Gasteiger partial charge in [-0.3, -0.25) is 0 Å². The van der Waals surface area contributed by atoms with Gasteiger partial charge in [0.05, 0.1) is 6.61 Å². The fourth-order valence-electron chi connectivity index (χ4n) is 2.87. The van der Waals surface area contributed by atoms with Gasteiger partial charge in [0, 0.05) is 12.5 Å². The van der Waals surface area contributed by atoms with Gasteiger partial charge in [0.2, 0.25) is 0 Å². The summed E-state index contributed by atoms with van der Waals surface area (Å²) in [6.45, 7) is 2.74. The molecule has 1 saturated heterocycles. The van der Waals surface area contributed by atoms with Gasteiger partial charge in [0.25, 0.3) is 0 Å². The maximum atomic E-state index is 12.0. The van der Waals surface area contributed by atoms with E-state index in [0.717, 1.165) is 6.08 Å². The number of hydrogen-bond donors (Lipinski definition) is 7. The average molecular weight is 504 g/mol. The van der Waals surface area contributed by atoms with Gasteiger partial charge < -0.3 is 50.0 Å². The molecule has 1 fully saturated rings. The van der Waals surface area contributed by atoms with Crippen molar-refractivity contribution in [3.63, 3.8) is 0 Å². The number of rotatable bonds is 9. The van der Waals surface area contributed by atoms with Crippen LogP contribution in [-0.4, -0.2) is 97.8 Å². The van der Waals surface area contributed by atoms with Crippen LogP contribution in [0.1, 0.15) is 12.0 Å². The number of aliphatic hydroxyl groups is 5. The Bertz CT molecular complexity index is 1050. The molecule has 1 aliphatic rings. The predicted octanol–water partition coefficient (Wildman–Crippen LogP) is -1.22. The molecule has 7 N–H and O–H groups in total. The standard InChI is InChI=1S/C25H28O11/c1-2-16(26)5-3-4-6-17(27)11-12-34-25-24(33)23(32)22(31)20(36-25)14-35-21(30)10-8-15-7-9-18(28)19(29)13-15/h2,7-10,13,16-17,20,22-29,31-33H,1,11-12,14H2/b10-8+/t16-,17+,20+,22+,23-,24+,25+/m0/s1. The number of carbonyl (C=O) groups is 1. The van der Waals surface area contributed by atoms with Gasteiger partial charge in [-0.2, -0.15) is 0 Å². The van der Waals surface area contributed by atoms with Gasteiger partial charge in [-0.15, -0.1) is 0 Å². The molecule has 194 valence electrons. The van der Waals surface area contributed by atoms with E-state index >= 15 is 0 Å². The summed E-state index contributed by atoms with van der Waals surface area (Å²) in [7, 11) is 0. The quantitative estimate of drug-likeness (QED) is 0.0703. The molecule has 0 spiro atoms. The van der Waals surface area contributed by atoms with E-state index < -0.39 is 55.5 Å². The Balaban J connectivity index is 1.85. The monoisotopic (exact) mass is 504 g/mol. The summed E-state index contributed by atoms with van der Waals surface area (Å²) in [4.78, 5) is 12.0. The van der Waals surface area contributed by atoms with E-state index in [9.17, 15) is 40.5 Å². The fraction of sp³-hybridized carbons (Fsp3) is 0.400. The predicted molar refractivity (Wildman–Crippen MR) is 125 cm³/mol. The van der Waals surface area contributed by atoms with E-state index in [4.69, 9.17) is 14.2 Å². The van der Waals surface area contributed by atoms with Crippen molar-refractivity contribution in [3.05, 3.63) is 42.5 Å². The molecule has 0 aromatic heterocycles. The molecule has 0 amide bonds. The third-order valence-corrected chi connectivity index (χ3v) is 4.89. The molecule has 2 rings (SSSR count). The fourth-order valence-corrected chi connectivity index (χ4v) is 2.87. The zero-order valence-electron chi connectivity index (χ0n) is 19.1. The first-order chi connectivity index (χ1) is 17.1. The summed E-state index contributed by atoms with van der Waals surface area (Å²) >= 11 is 0. The highest BCUT2D eigenvalue weighted by atomic mass is 16.7. The Kier molecular flexibility index (Phi) is 11.4. The van der Waals surface area contributed by atoms with Crippen molar-refractivity contribution >= 4 is 12.0 Å². The van der Waals surface area contributed by atoms with Gasteiger partial charge in [0.15, 0.2) is 17.8 Å². The lowest BCUT2D eigenvalue weighted by atomic mass is 9.99. The third-order valence-electron chi connectivity index (χ3n) is 4.89. The molecule has 1 aliphatic heterocycles. The highest BCUT2D eigenvalue weighted by Crippen LogP contribution is 2.25. The van der Waals surface area contributed by atoms with Gasteiger partial charge in [-0.05, 0) is 35.6 Å². The van der Waals surface area contributed by atoms with E-state index in [1.807, 2.05) is 0 Å². The first-order valence-corrected chi connectivity index (χ1v) is 10.8. The van der Waals surface area contributed by atoms with Crippen LogP contribution in [0.25, 0.3) is 6.08 Å². The van der Waals surface area contributed by atoms with Crippen LogP contribution in [0.4, 0.5) is 0 Å². The number of benzene rings is 1. The minimum absolute atomic E-state index is 0.00117. The molecule has 1 aromatic rings. The number of phenolic OH excluding ortho intramolecular Hbond substituents is 2. The van der Waals surface area contributed by atoms with Crippen LogP contribution in [-0.2, 0) is 19.0 Å². The number of aromatic hydroxyl groups is 2. The summed E-state index contributed by atoms with van der Waals surface area (Å²) in [6.07, 6.45) is -6.01. The second kappa shape index (κ2) is 14.2. The SMILES string of the molecule is C=C[C@H](O)C#CC#C[C@@H](O)CCO[C@@H]1O[C@H](COC(=O)/C=C/c2ccc(O)c(O)c2)[C@@H](O)[C@H](O)[C@H]1O. The van der Waals surface area contributed by atoms with Crippen LogP contribution in [0, 0.1) is 23.7 Å². The van der Waals surface area contributed by atoms with Crippen LogP contribution in [0.2, 0.25) is 0 Å². The highest BCUT2D eigenvalue weighted by Gasteiger charge is 2.44. The zero-order valence-corrected chi connectivity index (χ0v) is 19.1. The molecular weight excluding hydrogens is 476 g/mol. The number of aliphatic hydroxyl groups excluding tert-OH is 5. The van der Waals surface area contributed by atoms with E-state index in [2.05, 4.69) is 30.3 Å². The Labute approximate surface area is 207 Å². The van der Waals surface area contributed by atoms with Crippen molar-refractivity contribution in [1.82, 2.24) is 0 Å². The van der Waals surface area contributed by atoms with E-state index in [1.54, 1.807) is 0 Å². The Hall–Kier alpha value is -3.39. The normalized spacial score (nSPS) is 25.1. The highest BCUT2D eigenvalue weighted by molar-refractivity contribution is 5.87. The second-order valence-electron chi connectivity index (χ2n) is 7.62. The van der Waals surface area contributed by atoms with Gasteiger partial charge in [-0.1, -0.05) is 30.6 Å². The Morgan fingerprint density at radius 2 is 1.81 bits per heavy atom. The molecule has 11 nitrogen and oxygen atoms in total. The number of carbonyl (C=O) groups excluding carboxylic acids is 1. The molecule has 11 heteroatoms. The summed E-state index contributed by atoms with van der Waals surface area (Å²) in [5.74, 6) is 8.01. The van der Waals surface area contributed by atoms with Crippen LogP contribution >= 0.6 is 0 Å². The van der Waals surface area contributed by atoms with Crippen molar-refractivity contribution < 1.29 is 54.8 Å². The molecule has 1 aromatic carbocycles. The molecule has 0 saturated carbocycles. The summed E-state index contributed by atoms with van der Waals surface area (Å²) < 4.78 is 15.8. The van der Waals surface area contributed by atoms with Crippen molar-refractivity contribution in [1.29, 1.82) is 0 Å².